The van der Waals surface area contributed by atoms with Crippen LogP contribution < -0.4 is 4.90 Å². The van der Waals surface area contributed by atoms with Crippen LogP contribution in [0.15, 0.2) is 18.2 Å². The van der Waals surface area contributed by atoms with E-state index in [0.717, 1.165) is 56.5 Å². The highest BCUT2D eigenvalue weighted by Gasteiger charge is 2.54. The summed E-state index contributed by atoms with van der Waals surface area (Å²) in [6.07, 6.45) is 4.71. The summed E-state index contributed by atoms with van der Waals surface area (Å²) in [5.74, 6) is 1.15. The Bertz CT molecular complexity index is 1350. The predicted octanol–water partition coefficient (Wildman–Crippen LogP) is 3.27. The molecule has 2 bridgehead atoms. The van der Waals surface area contributed by atoms with Gasteiger partial charge in [-0.15, -0.1) is 0 Å². The summed E-state index contributed by atoms with van der Waals surface area (Å²) in [5.41, 5.74) is 6.37. The number of carbonyl (C=O) groups is 2. The van der Waals surface area contributed by atoms with Gasteiger partial charge in [0.1, 0.15) is 6.54 Å². The van der Waals surface area contributed by atoms with Gasteiger partial charge in [-0.05, 0) is 94.2 Å². The molecule has 39 heavy (non-hydrogen) atoms. The third-order valence-corrected chi connectivity index (χ3v) is 10.7. The molecule has 0 spiro atoms. The zero-order chi connectivity index (χ0) is 27.3. The monoisotopic (exact) mass is 531 g/mol. The van der Waals surface area contributed by atoms with Gasteiger partial charge < -0.3 is 19.8 Å². The number of anilines is 1. The number of aliphatic hydroxyl groups is 1. The molecule has 2 amide bonds. The lowest BCUT2D eigenvalue weighted by molar-refractivity contribution is -0.138. The minimum atomic E-state index is -0.320. The lowest BCUT2D eigenvalue weighted by Crippen LogP contribution is -2.62. The number of rotatable bonds is 5. The van der Waals surface area contributed by atoms with E-state index in [1.54, 1.807) is 0 Å². The van der Waals surface area contributed by atoms with E-state index in [4.69, 9.17) is 5.10 Å². The molecular formula is C31H41N5O3. The number of aliphatic hydroxyl groups excluding tert-OH is 1. The molecule has 0 radical (unpaired) electrons. The number of fused-ring (bicyclic) bond motifs is 5. The highest BCUT2D eigenvalue weighted by molar-refractivity contribution is 5.95. The van der Waals surface area contributed by atoms with Crippen molar-refractivity contribution in [3.05, 3.63) is 46.3 Å². The number of aryl methyl sites for hydroxylation is 1. The van der Waals surface area contributed by atoms with E-state index in [0.29, 0.717) is 30.6 Å². The van der Waals surface area contributed by atoms with Crippen LogP contribution in [0.3, 0.4) is 0 Å². The number of hydrogen-bond donors (Lipinski definition) is 1. The van der Waals surface area contributed by atoms with Crippen molar-refractivity contribution in [3.8, 4) is 0 Å². The van der Waals surface area contributed by atoms with Gasteiger partial charge in [-0.25, -0.2) is 0 Å². The molecule has 2 atom stereocenters. The van der Waals surface area contributed by atoms with Crippen LogP contribution in [0.5, 0.6) is 0 Å². The SMILES string of the molecule is Cc1cccc(N2CCN(C(=O)Cn3nc(C(=O)N4CCC5(CO)CC4C5)c4c3C[C@H]3C[C@@H]43)C(C)(C)C2)c1C. The van der Waals surface area contributed by atoms with E-state index >= 15 is 0 Å². The van der Waals surface area contributed by atoms with E-state index in [-0.39, 0.29) is 42.0 Å². The van der Waals surface area contributed by atoms with Crippen LogP contribution in [-0.2, 0) is 17.8 Å². The van der Waals surface area contributed by atoms with Gasteiger partial charge in [0.25, 0.3) is 5.91 Å². The zero-order valence-electron chi connectivity index (χ0n) is 23.7. The van der Waals surface area contributed by atoms with Gasteiger partial charge >= 0.3 is 0 Å². The predicted molar refractivity (Wildman–Crippen MR) is 149 cm³/mol. The molecule has 6 aliphatic rings. The summed E-state index contributed by atoms with van der Waals surface area (Å²) >= 11 is 0. The fraction of sp³-hybridized carbons (Fsp3) is 0.645. The molecule has 3 aliphatic heterocycles. The van der Waals surface area contributed by atoms with Crippen molar-refractivity contribution in [1.29, 1.82) is 0 Å². The number of nitrogens with zero attached hydrogens (tertiary/aromatic N) is 5. The fourth-order valence-electron chi connectivity index (χ4n) is 8.11. The normalized spacial score (nSPS) is 30.1. The van der Waals surface area contributed by atoms with Crippen molar-refractivity contribution >= 4 is 17.5 Å². The lowest BCUT2D eigenvalue weighted by atomic mass is 9.60. The van der Waals surface area contributed by atoms with E-state index < -0.39 is 0 Å². The average Bonchev–Trinajstić information content (AvgIpc) is 3.42. The summed E-state index contributed by atoms with van der Waals surface area (Å²) in [7, 11) is 0. The van der Waals surface area contributed by atoms with Crippen molar-refractivity contribution in [3.63, 3.8) is 0 Å². The molecule has 8 heteroatoms. The largest absolute Gasteiger partial charge is 0.396 e. The van der Waals surface area contributed by atoms with Crippen molar-refractivity contribution < 1.29 is 14.7 Å². The number of amides is 2. The van der Waals surface area contributed by atoms with Crippen molar-refractivity contribution in [1.82, 2.24) is 19.6 Å². The first-order valence-corrected chi connectivity index (χ1v) is 14.7. The smallest absolute Gasteiger partial charge is 0.274 e. The summed E-state index contributed by atoms with van der Waals surface area (Å²) in [4.78, 5) is 34.0. The number of carbonyl (C=O) groups excluding carboxylic acids is 2. The van der Waals surface area contributed by atoms with Crippen LogP contribution in [-0.4, -0.2) is 80.9 Å². The van der Waals surface area contributed by atoms with Crippen molar-refractivity contribution in [2.75, 3.05) is 37.7 Å². The first-order chi connectivity index (χ1) is 18.6. The Balaban J connectivity index is 1.09. The Hall–Kier alpha value is -2.87. The van der Waals surface area contributed by atoms with Crippen LogP contribution in [0, 0.1) is 25.2 Å². The van der Waals surface area contributed by atoms with E-state index in [1.165, 1.54) is 16.8 Å². The van der Waals surface area contributed by atoms with Gasteiger partial charge in [0.15, 0.2) is 5.69 Å². The van der Waals surface area contributed by atoms with Gasteiger partial charge in [-0.2, -0.15) is 5.10 Å². The molecule has 8 rings (SSSR count). The van der Waals surface area contributed by atoms with Crippen LogP contribution in [0.1, 0.15) is 78.3 Å². The van der Waals surface area contributed by atoms with Crippen LogP contribution in [0.2, 0.25) is 0 Å². The maximum absolute atomic E-state index is 13.8. The fourth-order valence-corrected chi connectivity index (χ4v) is 8.11. The molecule has 208 valence electrons. The maximum atomic E-state index is 13.8. The molecule has 8 nitrogen and oxygen atoms in total. The van der Waals surface area contributed by atoms with Crippen LogP contribution >= 0.6 is 0 Å². The average molecular weight is 532 g/mol. The number of piperidine rings is 2. The summed E-state index contributed by atoms with van der Waals surface area (Å²) < 4.78 is 1.87. The molecule has 1 N–H and O–H groups in total. The topological polar surface area (TPSA) is 81.9 Å². The molecule has 3 aliphatic carbocycles. The Morgan fingerprint density at radius 2 is 1.92 bits per heavy atom. The second kappa shape index (κ2) is 8.56. The Kier molecular flexibility index (Phi) is 5.52. The van der Waals surface area contributed by atoms with Crippen molar-refractivity contribution in [2.45, 2.75) is 83.8 Å². The van der Waals surface area contributed by atoms with Gasteiger partial charge in [0.05, 0.1) is 5.54 Å². The minimum Gasteiger partial charge on any atom is -0.396 e. The third kappa shape index (κ3) is 3.85. The second-order valence-electron chi connectivity index (χ2n) is 13.6. The Morgan fingerprint density at radius 1 is 1.13 bits per heavy atom. The maximum Gasteiger partial charge on any atom is 0.274 e. The highest BCUT2D eigenvalue weighted by Crippen LogP contribution is 2.58. The number of aromatic nitrogens is 2. The highest BCUT2D eigenvalue weighted by atomic mass is 16.3. The Labute approximate surface area is 230 Å². The van der Waals surface area contributed by atoms with Gasteiger partial charge in [-0.1, -0.05) is 12.1 Å². The van der Waals surface area contributed by atoms with Gasteiger partial charge in [0.2, 0.25) is 5.91 Å². The van der Waals surface area contributed by atoms with Crippen LogP contribution in [0.4, 0.5) is 5.69 Å². The molecule has 1 aromatic heterocycles. The summed E-state index contributed by atoms with van der Waals surface area (Å²) in [6, 6.07) is 6.66. The van der Waals surface area contributed by atoms with E-state index in [2.05, 4.69) is 50.8 Å². The molecule has 4 heterocycles. The first-order valence-electron chi connectivity index (χ1n) is 14.7. The third-order valence-electron chi connectivity index (χ3n) is 10.7. The second-order valence-corrected chi connectivity index (χ2v) is 13.6. The Morgan fingerprint density at radius 3 is 2.62 bits per heavy atom. The van der Waals surface area contributed by atoms with E-state index in [9.17, 15) is 14.7 Å². The molecular weight excluding hydrogens is 490 g/mol. The first kappa shape index (κ1) is 25.1. The quantitative estimate of drug-likeness (QED) is 0.641. The summed E-state index contributed by atoms with van der Waals surface area (Å²) in [5, 5.41) is 14.6. The lowest BCUT2D eigenvalue weighted by Gasteiger charge is -2.56. The summed E-state index contributed by atoms with van der Waals surface area (Å²) in [6.45, 7) is 12.0. The molecule has 2 saturated carbocycles. The molecule has 0 unspecified atom stereocenters. The van der Waals surface area contributed by atoms with Gasteiger partial charge in [-0.3, -0.25) is 14.3 Å². The van der Waals surface area contributed by atoms with E-state index in [1.807, 2.05) is 14.5 Å². The molecule has 3 saturated heterocycles. The number of piperazine rings is 1. The van der Waals surface area contributed by atoms with Gasteiger partial charge in [0, 0.05) is 55.8 Å². The van der Waals surface area contributed by atoms with Crippen molar-refractivity contribution in [2.24, 2.45) is 11.3 Å². The number of hydrogen-bond acceptors (Lipinski definition) is 5. The molecule has 2 aromatic rings. The minimum absolute atomic E-state index is 0.0312. The zero-order valence-corrected chi connectivity index (χ0v) is 23.7. The van der Waals surface area contributed by atoms with Crippen LogP contribution in [0.25, 0.3) is 0 Å². The standard InChI is InChI=1S/C31H41N5O3/c1-19-6-5-7-24(20(19)2)33-10-11-35(30(3,4)17-33)26(38)16-36-25-13-21-12-23(21)27(25)28(32-36)29(39)34-9-8-31(18-37)14-22(34)15-31/h5-7,21-23,37H,8-18H2,1-4H3/t21-,22?,23-,31?/m1/s1. The molecule has 5 fully saturated rings. The number of benzene rings is 1. The molecule has 1 aromatic carbocycles.